The van der Waals surface area contributed by atoms with E-state index in [-0.39, 0.29) is 12.0 Å². The van der Waals surface area contributed by atoms with Crippen molar-refractivity contribution in [2.45, 2.75) is 18.9 Å². The van der Waals surface area contributed by atoms with E-state index in [2.05, 4.69) is 25.5 Å². The van der Waals surface area contributed by atoms with Crippen LogP contribution in [-0.4, -0.2) is 40.2 Å². The van der Waals surface area contributed by atoms with Gasteiger partial charge in [-0.2, -0.15) is 0 Å². The second kappa shape index (κ2) is 8.37. The molecule has 0 radical (unpaired) electrons. The Morgan fingerprint density at radius 2 is 1.89 bits per heavy atom. The molecular formula is C20H21N5O2S. The summed E-state index contributed by atoms with van der Waals surface area (Å²) >= 11 is 1.37. The average Bonchev–Trinajstić information content (AvgIpc) is 3.19. The first-order chi connectivity index (χ1) is 13.7. The standard InChI is InChI=1S/C20H21N5O2S/c26-15-7-11-25(12-8-15)18-4-2-1-3-16(18)23-19(27)17-13-28-20(24-17)22-14-5-9-21-10-6-14/h1-6,9-10,13,15,26H,7-8,11-12H2,(H,23,27)(H,21,22,24). The molecule has 28 heavy (non-hydrogen) atoms. The number of hydrogen-bond donors (Lipinski definition) is 3. The Kier molecular flexibility index (Phi) is 5.50. The zero-order valence-electron chi connectivity index (χ0n) is 15.2. The molecule has 144 valence electrons. The van der Waals surface area contributed by atoms with Gasteiger partial charge in [-0.3, -0.25) is 9.78 Å². The molecule has 8 heteroatoms. The minimum absolute atomic E-state index is 0.237. The minimum Gasteiger partial charge on any atom is -0.393 e. The Labute approximate surface area is 167 Å². The molecule has 1 fully saturated rings. The molecular weight excluding hydrogens is 374 g/mol. The van der Waals surface area contributed by atoms with Crippen molar-refractivity contribution in [3.05, 3.63) is 59.9 Å². The van der Waals surface area contributed by atoms with E-state index in [1.165, 1.54) is 11.3 Å². The number of benzene rings is 1. The third kappa shape index (κ3) is 4.29. The molecule has 3 aromatic rings. The maximum atomic E-state index is 12.7. The van der Waals surface area contributed by atoms with Crippen LogP contribution in [0.1, 0.15) is 23.3 Å². The molecule has 0 bridgehead atoms. The summed E-state index contributed by atoms with van der Waals surface area (Å²) < 4.78 is 0. The molecule has 7 nitrogen and oxygen atoms in total. The highest BCUT2D eigenvalue weighted by Crippen LogP contribution is 2.29. The molecule has 0 unspecified atom stereocenters. The molecule has 1 amide bonds. The molecule has 4 rings (SSSR count). The van der Waals surface area contributed by atoms with Crippen LogP contribution in [0.15, 0.2) is 54.2 Å². The van der Waals surface area contributed by atoms with Crippen LogP contribution in [-0.2, 0) is 0 Å². The van der Waals surface area contributed by atoms with Crippen molar-refractivity contribution in [2.24, 2.45) is 0 Å². The Morgan fingerprint density at radius 3 is 2.68 bits per heavy atom. The fourth-order valence-electron chi connectivity index (χ4n) is 3.14. The van der Waals surface area contributed by atoms with Crippen LogP contribution in [0.2, 0.25) is 0 Å². The van der Waals surface area contributed by atoms with E-state index in [4.69, 9.17) is 0 Å². The third-order valence-corrected chi connectivity index (χ3v) is 5.38. The summed E-state index contributed by atoms with van der Waals surface area (Å²) in [5.74, 6) is -0.247. The number of thiazole rings is 1. The first kappa shape index (κ1) is 18.4. The van der Waals surface area contributed by atoms with Crippen molar-refractivity contribution in [1.82, 2.24) is 9.97 Å². The lowest BCUT2D eigenvalue weighted by atomic mass is 10.1. The van der Waals surface area contributed by atoms with Gasteiger partial charge in [0.05, 0.1) is 17.5 Å². The number of hydrogen-bond acceptors (Lipinski definition) is 7. The highest BCUT2D eigenvalue weighted by atomic mass is 32.1. The van der Waals surface area contributed by atoms with Gasteiger partial charge in [-0.05, 0) is 37.1 Å². The fraction of sp³-hybridized carbons (Fsp3) is 0.250. The maximum Gasteiger partial charge on any atom is 0.275 e. The highest BCUT2D eigenvalue weighted by molar-refractivity contribution is 7.14. The SMILES string of the molecule is O=C(Nc1ccccc1N1CCC(O)CC1)c1csc(Nc2ccncc2)n1. The number of amides is 1. The first-order valence-electron chi connectivity index (χ1n) is 9.15. The monoisotopic (exact) mass is 395 g/mol. The Bertz CT molecular complexity index is 939. The molecule has 1 aliphatic heterocycles. The molecule has 1 saturated heterocycles. The van der Waals surface area contributed by atoms with Gasteiger partial charge in [0.15, 0.2) is 5.13 Å². The maximum absolute atomic E-state index is 12.7. The van der Waals surface area contributed by atoms with Crippen LogP contribution in [0.25, 0.3) is 0 Å². The van der Waals surface area contributed by atoms with Gasteiger partial charge in [-0.1, -0.05) is 12.1 Å². The Balaban J connectivity index is 1.46. The van der Waals surface area contributed by atoms with Crippen molar-refractivity contribution in [1.29, 1.82) is 0 Å². The molecule has 0 aliphatic carbocycles. The topological polar surface area (TPSA) is 90.4 Å². The molecule has 2 aromatic heterocycles. The van der Waals surface area contributed by atoms with Crippen LogP contribution in [0.5, 0.6) is 0 Å². The summed E-state index contributed by atoms with van der Waals surface area (Å²) in [4.78, 5) is 23.3. The van der Waals surface area contributed by atoms with E-state index in [9.17, 15) is 9.90 Å². The average molecular weight is 395 g/mol. The highest BCUT2D eigenvalue weighted by Gasteiger charge is 2.20. The number of pyridine rings is 1. The molecule has 1 aliphatic rings. The number of aromatic nitrogens is 2. The molecule has 0 saturated carbocycles. The summed E-state index contributed by atoms with van der Waals surface area (Å²) in [6.45, 7) is 1.54. The van der Waals surface area contributed by atoms with E-state index in [0.29, 0.717) is 10.8 Å². The van der Waals surface area contributed by atoms with Crippen molar-refractivity contribution in [3.63, 3.8) is 0 Å². The number of carbonyl (C=O) groups excluding carboxylic acids is 1. The minimum atomic E-state index is -0.247. The lowest BCUT2D eigenvalue weighted by Crippen LogP contribution is -2.36. The summed E-state index contributed by atoms with van der Waals surface area (Å²) in [5, 5.41) is 18.3. The van der Waals surface area contributed by atoms with E-state index < -0.39 is 0 Å². The van der Waals surface area contributed by atoms with Crippen LogP contribution < -0.4 is 15.5 Å². The molecule has 3 heterocycles. The van der Waals surface area contributed by atoms with Crippen molar-refractivity contribution in [2.75, 3.05) is 28.6 Å². The van der Waals surface area contributed by atoms with Gasteiger partial charge in [0.2, 0.25) is 0 Å². The Morgan fingerprint density at radius 1 is 1.14 bits per heavy atom. The molecule has 1 aromatic carbocycles. The summed E-state index contributed by atoms with van der Waals surface area (Å²) in [6, 6.07) is 11.4. The predicted octanol–water partition coefficient (Wildman–Crippen LogP) is 3.50. The lowest BCUT2D eigenvalue weighted by molar-refractivity contribution is 0.102. The van der Waals surface area contributed by atoms with Gasteiger partial charge >= 0.3 is 0 Å². The van der Waals surface area contributed by atoms with E-state index in [1.54, 1.807) is 17.8 Å². The summed E-state index contributed by atoms with van der Waals surface area (Å²) in [6.07, 6.45) is 4.62. The number of anilines is 4. The zero-order chi connectivity index (χ0) is 19.3. The second-order valence-electron chi connectivity index (χ2n) is 6.59. The fourth-order valence-corrected chi connectivity index (χ4v) is 3.85. The first-order valence-corrected chi connectivity index (χ1v) is 10.0. The molecule has 0 atom stereocenters. The second-order valence-corrected chi connectivity index (χ2v) is 7.45. The normalized spacial score (nSPS) is 14.7. The largest absolute Gasteiger partial charge is 0.393 e. The predicted molar refractivity (Wildman–Crippen MR) is 111 cm³/mol. The quantitative estimate of drug-likeness (QED) is 0.613. The van der Waals surface area contributed by atoms with Crippen LogP contribution >= 0.6 is 11.3 Å². The third-order valence-electron chi connectivity index (χ3n) is 4.63. The lowest BCUT2D eigenvalue weighted by Gasteiger charge is -2.32. The van der Waals surface area contributed by atoms with E-state index >= 15 is 0 Å². The summed E-state index contributed by atoms with van der Waals surface area (Å²) in [7, 11) is 0. The van der Waals surface area contributed by atoms with Gasteiger partial charge in [-0.25, -0.2) is 4.98 Å². The van der Waals surface area contributed by atoms with Crippen molar-refractivity contribution < 1.29 is 9.90 Å². The van der Waals surface area contributed by atoms with Crippen LogP contribution in [0.4, 0.5) is 22.2 Å². The van der Waals surface area contributed by atoms with Gasteiger partial charge < -0.3 is 20.6 Å². The number of aliphatic hydroxyl groups excluding tert-OH is 1. The van der Waals surface area contributed by atoms with Crippen molar-refractivity contribution >= 4 is 39.4 Å². The number of carbonyl (C=O) groups is 1. The van der Waals surface area contributed by atoms with Gasteiger partial charge in [0, 0.05) is 36.6 Å². The Hall–Kier alpha value is -2.97. The van der Waals surface area contributed by atoms with Crippen molar-refractivity contribution in [3.8, 4) is 0 Å². The van der Waals surface area contributed by atoms with Gasteiger partial charge in [0.1, 0.15) is 5.69 Å². The number of nitrogens with zero attached hydrogens (tertiary/aromatic N) is 3. The number of piperidine rings is 1. The number of rotatable bonds is 5. The van der Waals surface area contributed by atoms with Crippen LogP contribution in [0.3, 0.4) is 0 Å². The molecule has 3 N–H and O–H groups in total. The van der Waals surface area contributed by atoms with E-state index in [0.717, 1.165) is 43.0 Å². The zero-order valence-corrected chi connectivity index (χ0v) is 16.0. The number of para-hydroxylation sites is 2. The van der Waals surface area contributed by atoms with Gasteiger partial charge in [-0.15, -0.1) is 11.3 Å². The number of nitrogens with one attached hydrogen (secondary N) is 2. The van der Waals surface area contributed by atoms with E-state index in [1.807, 2.05) is 36.4 Å². The van der Waals surface area contributed by atoms with Gasteiger partial charge in [0.25, 0.3) is 5.91 Å². The van der Waals surface area contributed by atoms with Crippen LogP contribution in [0, 0.1) is 0 Å². The molecule has 0 spiro atoms. The summed E-state index contributed by atoms with van der Waals surface area (Å²) in [5.41, 5.74) is 2.95. The number of aliphatic hydroxyl groups is 1. The smallest absolute Gasteiger partial charge is 0.275 e.